The molecule has 1 atom stereocenters. The van der Waals surface area contributed by atoms with E-state index in [4.69, 9.17) is 9.84 Å². The number of hydrogen-bond acceptors (Lipinski definition) is 9. The van der Waals surface area contributed by atoms with E-state index in [9.17, 15) is 33.1 Å². The fourth-order valence-corrected chi connectivity index (χ4v) is 9.07. The molecule has 4 amide bonds. The van der Waals surface area contributed by atoms with E-state index in [0.717, 1.165) is 98.3 Å². The number of phenolic OH excluding ortho intramolecular Hbond substituents is 1. The van der Waals surface area contributed by atoms with Crippen molar-refractivity contribution in [2.75, 3.05) is 37.6 Å². The number of aromatic hydroxyl groups is 1. The average molecular weight is 832 g/mol. The van der Waals surface area contributed by atoms with Crippen LogP contribution in [0.15, 0.2) is 79.0 Å². The van der Waals surface area contributed by atoms with Gasteiger partial charge in [-0.3, -0.25) is 34.1 Å². The van der Waals surface area contributed by atoms with Crippen molar-refractivity contribution in [3.05, 3.63) is 118 Å². The number of anilines is 1. The van der Waals surface area contributed by atoms with Crippen LogP contribution in [-0.4, -0.2) is 87.1 Å². The van der Waals surface area contributed by atoms with E-state index in [1.807, 2.05) is 6.07 Å². The lowest BCUT2D eigenvalue weighted by Crippen LogP contribution is -2.52. The number of phenols is 1. The summed E-state index contributed by atoms with van der Waals surface area (Å²) >= 11 is 0. The standard InChI is InChI=1S/C46H47F2N7O6/c47-37-20-32(21-38(48)43(37)57)44(58)49-23-28-8-11-33(12-9-28)55-25-31-10-13-34(22-39(31)51-55)53-18-16-52(17-19-53)24-29-4-6-30(7-5-29)27-61-41-3-1-2-35-36(41)26-54(46(35)60)40-14-15-42(56)50-45(40)59/h1-7,10,13,20-22,25,28,33,40,57H,8-9,11-12,14-19,23-24,26-27H2,(H,49,58)(H,50,56,59). The van der Waals surface area contributed by atoms with E-state index in [-0.39, 0.29) is 42.3 Å². The van der Waals surface area contributed by atoms with E-state index in [1.54, 1.807) is 12.1 Å². The molecule has 5 aromatic rings. The summed E-state index contributed by atoms with van der Waals surface area (Å²) < 4.78 is 35.7. The molecule has 9 rings (SSSR count). The van der Waals surface area contributed by atoms with Gasteiger partial charge in [0.05, 0.1) is 18.1 Å². The molecule has 0 radical (unpaired) electrons. The van der Waals surface area contributed by atoms with E-state index in [0.29, 0.717) is 30.9 Å². The number of aromatic nitrogens is 2. The van der Waals surface area contributed by atoms with Gasteiger partial charge in [-0.1, -0.05) is 30.3 Å². The molecule has 3 N–H and O–H groups in total. The van der Waals surface area contributed by atoms with Crippen molar-refractivity contribution in [1.29, 1.82) is 0 Å². The van der Waals surface area contributed by atoms with Crippen LogP contribution < -0.4 is 20.3 Å². The maximum Gasteiger partial charge on any atom is 0.255 e. The van der Waals surface area contributed by atoms with Gasteiger partial charge in [-0.05, 0) is 91.6 Å². The molecule has 1 saturated carbocycles. The van der Waals surface area contributed by atoms with Gasteiger partial charge < -0.3 is 25.0 Å². The van der Waals surface area contributed by atoms with E-state index >= 15 is 0 Å². The van der Waals surface area contributed by atoms with Crippen molar-refractivity contribution in [1.82, 2.24) is 30.2 Å². The molecule has 1 unspecified atom stereocenters. The zero-order chi connectivity index (χ0) is 42.2. The van der Waals surface area contributed by atoms with Crippen LogP contribution >= 0.6 is 0 Å². The Bertz CT molecular complexity index is 2470. The third-order valence-electron chi connectivity index (χ3n) is 12.6. The number of nitrogens with zero attached hydrogens (tertiary/aromatic N) is 5. The lowest BCUT2D eigenvalue weighted by atomic mass is 9.86. The maximum atomic E-state index is 13.7. The van der Waals surface area contributed by atoms with Crippen LogP contribution in [0.1, 0.15) is 82.0 Å². The van der Waals surface area contributed by atoms with Crippen molar-refractivity contribution in [2.24, 2.45) is 5.92 Å². The van der Waals surface area contributed by atoms with Crippen LogP contribution in [0.3, 0.4) is 0 Å². The molecular formula is C46H47F2N7O6. The van der Waals surface area contributed by atoms with Crippen LogP contribution in [0.5, 0.6) is 11.5 Å². The Morgan fingerprint density at radius 2 is 1.62 bits per heavy atom. The number of carbonyl (C=O) groups excluding carboxylic acids is 4. The summed E-state index contributed by atoms with van der Waals surface area (Å²) in [4.78, 5) is 56.2. The minimum absolute atomic E-state index is 0.157. The lowest BCUT2D eigenvalue weighted by Gasteiger charge is -2.36. The largest absolute Gasteiger partial charge is 0.503 e. The monoisotopic (exact) mass is 831 g/mol. The number of carbonyl (C=O) groups is 4. The first-order valence-electron chi connectivity index (χ1n) is 21.0. The Kier molecular flexibility index (Phi) is 11.1. The van der Waals surface area contributed by atoms with Crippen LogP contribution in [0, 0.1) is 17.6 Å². The van der Waals surface area contributed by atoms with Gasteiger partial charge in [0.2, 0.25) is 11.8 Å². The van der Waals surface area contributed by atoms with Crippen LogP contribution in [0.2, 0.25) is 0 Å². The highest BCUT2D eigenvalue weighted by atomic mass is 19.1. The minimum atomic E-state index is -1.16. The zero-order valence-electron chi connectivity index (χ0n) is 33.6. The molecule has 61 heavy (non-hydrogen) atoms. The van der Waals surface area contributed by atoms with Gasteiger partial charge in [-0.2, -0.15) is 5.10 Å². The van der Waals surface area contributed by atoms with Crippen LogP contribution in [0.25, 0.3) is 10.9 Å². The number of halogens is 2. The van der Waals surface area contributed by atoms with Gasteiger partial charge in [0.15, 0.2) is 17.4 Å². The molecular weight excluding hydrogens is 785 g/mol. The van der Waals surface area contributed by atoms with Gasteiger partial charge >= 0.3 is 0 Å². The molecule has 3 aliphatic heterocycles. The van der Waals surface area contributed by atoms with E-state index < -0.39 is 35.2 Å². The first-order chi connectivity index (χ1) is 29.6. The summed E-state index contributed by atoms with van der Waals surface area (Å²) in [5.74, 6) is -4.07. The Balaban J connectivity index is 0.725. The van der Waals surface area contributed by atoms with Gasteiger partial charge in [-0.15, -0.1) is 0 Å². The number of amides is 4. The molecule has 3 fully saturated rings. The van der Waals surface area contributed by atoms with Crippen molar-refractivity contribution < 1.29 is 37.8 Å². The van der Waals surface area contributed by atoms with Crippen LogP contribution in [-0.2, 0) is 29.3 Å². The Hall–Kier alpha value is -6.35. The topological polar surface area (TPSA) is 149 Å². The molecule has 2 saturated heterocycles. The first kappa shape index (κ1) is 40.1. The maximum absolute atomic E-state index is 13.7. The Labute approximate surface area is 351 Å². The summed E-state index contributed by atoms with van der Waals surface area (Å²) in [6.07, 6.45) is 6.25. The number of fused-ring (bicyclic) bond motifs is 2. The highest BCUT2D eigenvalue weighted by molar-refractivity contribution is 6.05. The molecule has 316 valence electrons. The second kappa shape index (κ2) is 17.0. The molecule has 1 aliphatic carbocycles. The second-order valence-electron chi connectivity index (χ2n) is 16.6. The molecule has 0 spiro atoms. The summed E-state index contributed by atoms with van der Waals surface area (Å²) in [6.45, 7) is 5.52. The SMILES string of the molecule is O=C1CCC(N2Cc3c(OCc4ccc(CN5CCN(c6ccc7cn(C8CCC(CNC(=O)c9cc(F)c(O)c(F)c9)CC8)nc7c6)CC5)cc4)cccc3C2=O)C(=O)N1. The fraction of sp³-hybridized carbons (Fsp3) is 0.370. The second-order valence-corrected chi connectivity index (χ2v) is 16.6. The molecule has 4 aliphatic rings. The number of hydrogen-bond donors (Lipinski definition) is 3. The van der Waals surface area contributed by atoms with Crippen molar-refractivity contribution in [2.45, 2.75) is 70.3 Å². The van der Waals surface area contributed by atoms with Gasteiger partial charge in [0, 0.05) is 79.7 Å². The predicted molar refractivity (Wildman–Crippen MR) is 222 cm³/mol. The van der Waals surface area contributed by atoms with E-state index in [2.05, 4.69) is 73.8 Å². The average Bonchev–Trinajstić information content (AvgIpc) is 3.85. The minimum Gasteiger partial charge on any atom is -0.503 e. The van der Waals surface area contributed by atoms with E-state index in [1.165, 1.54) is 10.5 Å². The number of piperazine rings is 1. The Morgan fingerprint density at radius 3 is 2.36 bits per heavy atom. The lowest BCUT2D eigenvalue weighted by molar-refractivity contribution is -0.136. The molecule has 15 heteroatoms. The van der Waals surface area contributed by atoms with Crippen LogP contribution in [0.4, 0.5) is 14.5 Å². The molecule has 0 bridgehead atoms. The van der Waals surface area contributed by atoms with Gasteiger partial charge in [0.1, 0.15) is 18.4 Å². The van der Waals surface area contributed by atoms with Gasteiger partial charge in [0.25, 0.3) is 11.8 Å². The third kappa shape index (κ3) is 8.51. The fourth-order valence-electron chi connectivity index (χ4n) is 9.07. The number of imide groups is 1. The summed E-state index contributed by atoms with van der Waals surface area (Å²) in [7, 11) is 0. The first-order valence-corrected chi connectivity index (χ1v) is 21.0. The molecule has 4 heterocycles. The quantitative estimate of drug-likeness (QED) is 0.140. The highest BCUT2D eigenvalue weighted by Crippen LogP contribution is 2.35. The summed E-state index contributed by atoms with van der Waals surface area (Å²) in [5, 5.41) is 20.5. The molecule has 4 aromatic carbocycles. The summed E-state index contributed by atoms with van der Waals surface area (Å²) in [6, 6.07) is 21.6. The van der Waals surface area contributed by atoms with Crippen molar-refractivity contribution >= 4 is 40.2 Å². The predicted octanol–water partition coefficient (Wildman–Crippen LogP) is 5.84. The zero-order valence-corrected chi connectivity index (χ0v) is 33.6. The molecule has 13 nitrogen and oxygen atoms in total. The van der Waals surface area contributed by atoms with Crippen molar-refractivity contribution in [3.8, 4) is 11.5 Å². The number of benzene rings is 4. The van der Waals surface area contributed by atoms with Crippen molar-refractivity contribution in [3.63, 3.8) is 0 Å². The number of nitrogens with one attached hydrogen (secondary N) is 2. The summed E-state index contributed by atoms with van der Waals surface area (Å²) in [5.41, 5.74) is 5.48. The number of ether oxygens (including phenoxy) is 1. The normalized spacial score (nSPS) is 20.8. The smallest absolute Gasteiger partial charge is 0.255 e. The molecule has 1 aromatic heterocycles. The van der Waals surface area contributed by atoms with Gasteiger partial charge in [-0.25, -0.2) is 8.78 Å². The third-order valence-corrected chi connectivity index (χ3v) is 12.6. The number of rotatable bonds is 11. The highest BCUT2D eigenvalue weighted by Gasteiger charge is 2.40. The Morgan fingerprint density at radius 1 is 0.885 bits per heavy atom. The number of piperidine rings is 1.